The molecule has 0 aliphatic heterocycles. The predicted molar refractivity (Wildman–Crippen MR) is 28.6 cm³/mol. The monoisotopic (exact) mass is 172 g/mol. The van der Waals surface area contributed by atoms with Gasteiger partial charge in [-0.3, -0.25) is 4.21 Å². The third kappa shape index (κ3) is 9.85. The van der Waals surface area contributed by atoms with Crippen LogP contribution >= 0.6 is 0 Å². The largest absolute Gasteiger partial charge is 0.772 e. The molecule has 1 atom stereocenters. The van der Waals surface area contributed by atoms with Crippen molar-refractivity contribution < 1.29 is 27.3 Å². The number of hydrogen-bond acceptors (Lipinski definition) is 2. The average Bonchev–Trinajstić information content (AvgIpc) is 1.27. The normalized spacial score (nSPS) is 13.0. The second-order valence-electron chi connectivity index (χ2n) is 1.86. The molecular formula is C4H9O2SV-. The van der Waals surface area contributed by atoms with Gasteiger partial charge in [-0.25, -0.2) is 0 Å². The van der Waals surface area contributed by atoms with Crippen molar-refractivity contribution in [2.75, 3.05) is 5.75 Å². The topological polar surface area (TPSA) is 40.1 Å². The van der Waals surface area contributed by atoms with E-state index in [1.807, 2.05) is 13.8 Å². The van der Waals surface area contributed by atoms with E-state index < -0.39 is 11.1 Å². The molecule has 0 amide bonds. The smallest absolute Gasteiger partial charge is 0.0125 e. The molecule has 49 valence electrons. The van der Waals surface area contributed by atoms with Crippen molar-refractivity contribution in [1.82, 2.24) is 0 Å². The molecule has 0 N–H and O–H groups in total. The Bertz CT molecular complexity index is 74.4. The van der Waals surface area contributed by atoms with Gasteiger partial charge in [0.2, 0.25) is 0 Å². The van der Waals surface area contributed by atoms with Crippen LogP contribution in [0.25, 0.3) is 0 Å². The third-order valence-corrected chi connectivity index (χ3v) is 1.41. The van der Waals surface area contributed by atoms with Gasteiger partial charge < -0.3 is 4.55 Å². The zero-order valence-corrected chi connectivity index (χ0v) is 7.17. The second kappa shape index (κ2) is 5.82. The minimum atomic E-state index is -1.85. The Hall–Kier alpha value is 0.694. The number of hydrogen-bond donors (Lipinski definition) is 0. The SMILES string of the molecule is CC(C)CS(=O)[O-].[V]. The van der Waals surface area contributed by atoms with Crippen LogP contribution in [-0.2, 0) is 29.6 Å². The van der Waals surface area contributed by atoms with Crippen molar-refractivity contribution in [2.24, 2.45) is 5.92 Å². The van der Waals surface area contributed by atoms with Crippen LogP contribution < -0.4 is 0 Å². The summed E-state index contributed by atoms with van der Waals surface area (Å²) in [5, 5.41) is 0. The molecule has 0 aromatic rings. The Morgan fingerprint density at radius 1 is 1.62 bits per heavy atom. The van der Waals surface area contributed by atoms with E-state index in [-0.39, 0.29) is 30.2 Å². The van der Waals surface area contributed by atoms with Crippen LogP contribution in [0.15, 0.2) is 0 Å². The first-order chi connectivity index (χ1) is 3.13. The minimum Gasteiger partial charge on any atom is -0.772 e. The minimum absolute atomic E-state index is 0. The standard InChI is InChI=1S/C4H10O2S.V/c1-4(2)3-7(5)6;/h4H,3H2,1-2H3,(H,5,6);/p-1. The van der Waals surface area contributed by atoms with Crippen molar-refractivity contribution in [3.63, 3.8) is 0 Å². The zero-order chi connectivity index (χ0) is 5.86. The van der Waals surface area contributed by atoms with Crippen LogP contribution in [0.1, 0.15) is 13.8 Å². The van der Waals surface area contributed by atoms with Crippen LogP contribution in [0.5, 0.6) is 0 Å². The van der Waals surface area contributed by atoms with E-state index in [0.717, 1.165) is 0 Å². The van der Waals surface area contributed by atoms with Crippen LogP contribution in [0.2, 0.25) is 0 Å². The Kier molecular flexibility index (Phi) is 8.36. The molecule has 0 aliphatic rings. The van der Waals surface area contributed by atoms with E-state index in [2.05, 4.69) is 0 Å². The second-order valence-corrected chi connectivity index (χ2v) is 2.81. The van der Waals surface area contributed by atoms with E-state index in [1.54, 1.807) is 0 Å². The fourth-order valence-corrected chi connectivity index (χ4v) is 0.816. The van der Waals surface area contributed by atoms with Crippen molar-refractivity contribution in [3.05, 3.63) is 0 Å². The molecule has 0 aromatic carbocycles. The summed E-state index contributed by atoms with van der Waals surface area (Å²) >= 11 is -1.85. The van der Waals surface area contributed by atoms with E-state index >= 15 is 0 Å². The van der Waals surface area contributed by atoms with E-state index in [9.17, 15) is 8.76 Å². The van der Waals surface area contributed by atoms with E-state index in [4.69, 9.17) is 0 Å². The van der Waals surface area contributed by atoms with Gasteiger partial charge in [-0.05, 0) is 5.92 Å². The van der Waals surface area contributed by atoms with E-state index in [1.165, 1.54) is 0 Å². The molecule has 8 heavy (non-hydrogen) atoms. The number of rotatable bonds is 2. The predicted octanol–water partition coefficient (Wildman–Crippen LogP) is 0.519. The summed E-state index contributed by atoms with van der Waals surface area (Å²) in [4.78, 5) is 0. The van der Waals surface area contributed by atoms with Gasteiger partial charge in [0.15, 0.2) is 0 Å². The molecule has 4 heteroatoms. The molecule has 0 saturated carbocycles. The van der Waals surface area contributed by atoms with Crippen molar-refractivity contribution in [3.8, 4) is 0 Å². The summed E-state index contributed by atoms with van der Waals surface area (Å²) in [6, 6.07) is 0. The summed E-state index contributed by atoms with van der Waals surface area (Å²) in [7, 11) is 0. The molecule has 1 unspecified atom stereocenters. The third-order valence-electron chi connectivity index (χ3n) is 0.469. The van der Waals surface area contributed by atoms with Crippen molar-refractivity contribution in [1.29, 1.82) is 0 Å². The van der Waals surface area contributed by atoms with Crippen LogP contribution in [0, 0.1) is 5.92 Å². The van der Waals surface area contributed by atoms with Gasteiger partial charge in [-0.15, -0.1) is 0 Å². The maximum absolute atomic E-state index is 9.81. The van der Waals surface area contributed by atoms with Crippen LogP contribution in [0.3, 0.4) is 0 Å². The van der Waals surface area contributed by atoms with Gasteiger partial charge in [-0.1, -0.05) is 24.9 Å². The molecule has 0 spiro atoms. The zero-order valence-electron chi connectivity index (χ0n) is 4.96. The first-order valence-electron chi connectivity index (χ1n) is 2.18. The Morgan fingerprint density at radius 2 is 2.00 bits per heavy atom. The van der Waals surface area contributed by atoms with Crippen LogP contribution in [0.4, 0.5) is 0 Å². The molecule has 0 fully saturated rings. The van der Waals surface area contributed by atoms with Crippen LogP contribution in [-0.4, -0.2) is 14.5 Å². The molecule has 1 radical (unpaired) electrons. The van der Waals surface area contributed by atoms with Gasteiger partial charge in [-0.2, -0.15) is 0 Å². The van der Waals surface area contributed by atoms with E-state index in [0.29, 0.717) is 0 Å². The molecule has 0 saturated heterocycles. The Balaban J connectivity index is 0. The quantitative estimate of drug-likeness (QED) is 0.569. The molecular weight excluding hydrogens is 163 g/mol. The molecule has 0 bridgehead atoms. The van der Waals surface area contributed by atoms with Gasteiger partial charge in [0.1, 0.15) is 0 Å². The molecule has 0 aromatic heterocycles. The van der Waals surface area contributed by atoms with Gasteiger partial charge >= 0.3 is 0 Å². The van der Waals surface area contributed by atoms with Crippen molar-refractivity contribution in [2.45, 2.75) is 13.8 Å². The molecule has 0 heterocycles. The summed E-state index contributed by atoms with van der Waals surface area (Å²) in [6.45, 7) is 3.74. The summed E-state index contributed by atoms with van der Waals surface area (Å²) in [5.74, 6) is 0.540. The maximum Gasteiger partial charge on any atom is 0.0125 e. The first-order valence-corrected chi connectivity index (χ1v) is 3.43. The maximum atomic E-state index is 9.81. The fraction of sp³-hybridized carbons (Fsp3) is 1.00. The average molecular weight is 172 g/mol. The van der Waals surface area contributed by atoms with Gasteiger partial charge in [0.05, 0.1) is 0 Å². The summed E-state index contributed by atoms with van der Waals surface area (Å²) < 4.78 is 19.6. The molecule has 0 aliphatic carbocycles. The summed E-state index contributed by atoms with van der Waals surface area (Å²) in [5.41, 5.74) is 0. The summed E-state index contributed by atoms with van der Waals surface area (Å²) in [6.07, 6.45) is 0. The van der Waals surface area contributed by atoms with Crippen molar-refractivity contribution >= 4 is 11.1 Å². The fourth-order valence-electron chi connectivity index (χ4n) is 0.272. The Morgan fingerprint density at radius 3 is 2.00 bits per heavy atom. The molecule has 2 nitrogen and oxygen atoms in total. The van der Waals surface area contributed by atoms with Gasteiger partial charge in [0.25, 0.3) is 0 Å². The Labute approximate surface area is 64.2 Å². The van der Waals surface area contributed by atoms with Gasteiger partial charge in [0, 0.05) is 24.3 Å². The molecule has 0 rings (SSSR count). The first kappa shape index (κ1) is 11.5.